The molecule has 8 heteroatoms. The summed E-state index contributed by atoms with van der Waals surface area (Å²) in [6.45, 7) is 6.51. The van der Waals surface area contributed by atoms with Crippen LogP contribution < -0.4 is 0 Å². The Bertz CT molecular complexity index is 1110. The molecule has 0 atom stereocenters. The summed E-state index contributed by atoms with van der Waals surface area (Å²) in [6, 6.07) is 16.7. The topological polar surface area (TPSA) is 84.7 Å². The number of rotatable bonds is 5. The highest BCUT2D eigenvalue weighted by atomic mass is 32.2. The van der Waals surface area contributed by atoms with Gasteiger partial charge < -0.3 is 4.90 Å². The number of amides is 1. The van der Waals surface area contributed by atoms with Crippen molar-refractivity contribution in [3.63, 3.8) is 0 Å². The highest BCUT2D eigenvalue weighted by molar-refractivity contribution is 7.89. The van der Waals surface area contributed by atoms with E-state index in [0.717, 1.165) is 30.8 Å². The zero-order chi connectivity index (χ0) is 23.4. The van der Waals surface area contributed by atoms with Crippen LogP contribution in [0.5, 0.6) is 0 Å². The average molecular weight is 467 g/mol. The van der Waals surface area contributed by atoms with Crippen LogP contribution in [0.25, 0.3) is 0 Å². The third-order valence-electron chi connectivity index (χ3n) is 6.64. The summed E-state index contributed by atoms with van der Waals surface area (Å²) >= 11 is 0. The molecule has 2 aliphatic rings. The first-order valence-corrected chi connectivity index (χ1v) is 12.9. The molecule has 2 fully saturated rings. The van der Waals surface area contributed by atoms with Gasteiger partial charge in [-0.3, -0.25) is 9.69 Å². The van der Waals surface area contributed by atoms with Crippen LogP contribution in [0.2, 0.25) is 0 Å². The van der Waals surface area contributed by atoms with E-state index >= 15 is 0 Å². The van der Waals surface area contributed by atoms with E-state index in [-0.39, 0.29) is 11.8 Å². The molecule has 33 heavy (non-hydrogen) atoms. The zero-order valence-electron chi connectivity index (χ0n) is 19.0. The fraction of sp³-hybridized carbons (Fsp3) is 0.440. The van der Waals surface area contributed by atoms with E-state index in [1.807, 2.05) is 48.2 Å². The summed E-state index contributed by atoms with van der Waals surface area (Å²) in [5.41, 5.74) is 2.85. The van der Waals surface area contributed by atoms with Crippen molar-refractivity contribution < 1.29 is 13.2 Å². The standard InChI is InChI=1S/C25H30N4O3S/c1-20-2-8-24(9-3-20)33(31,32)29-12-10-23(11-13-29)25(30)28-16-14-27(15-17-28)19-22-6-4-21(18-26)5-7-22/h2-9,23H,10-17,19H2,1H3. The number of aryl methyl sites for hydroxylation is 1. The Labute approximate surface area is 196 Å². The monoisotopic (exact) mass is 466 g/mol. The normalized spacial score (nSPS) is 18.7. The van der Waals surface area contributed by atoms with Gasteiger partial charge in [0.1, 0.15) is 0 Å². The number of piperidine rings is 1. The quantitative estimate of drug-likeness (QED) is 0.676. The van der Waals surface area contributed by atoms with Crippen LogP contribution in [0.4, 0.5) is 0 Å². The molecule has 0 N–H and O–H groups in total. The lowest BCUT2D eigenvalue weighted by atomic mass is 9.96. The van der Waals surface area contributed by atoms with Crippen molar-refractivity contribution >= 4 is 15.9 Å². The van der Waals surface area contributed by atoms with E-state index < -0.39 is 10.0 Å². The van der Waals surface area contributed by atoms with Gasteiger partial charge in [0.2, 0.25) is 15.9 Å². The SMILES string of the molecule is Cc1ccc(S(=O)(=O)N2CCC(C(=O)N3CCN(Cc4ccc(C#N)cc4)CC3)CC2)cc1. The molecule has 2 aromatic rings. The second kappa shape index (κ2) is 10.0. The number of hydrogen-bond donors (Lipinski definition) is 0. The first kappa shape index (κ1) is 23.4. The molecule has 0 aromatic heterocycles. The van der Waals surface area contributed by atoms with Crippen LogP contribution in [-0.4, -0.2) is 67.7 Å². The van der Waals surface area contributed by atoms with Crippen LogP contribution in [0.1, 0.15) is 29.5 Å². The van der Waals surface area contributed by atoms with Crippen LogP contribution >= 0.6 is 0 Å². The van der Waals surface area contributed by atoms with E-state index in [1.54, 1.807) is 12.1 Å². The Kier molecular flexibility index (Phi) is 7.13. The molecular formula is C25H30N4O3S. The molecular weight excluding hydrogens is 436 g/mol. The van der Waals surface area contributed by atoms with Crippen molar-refractivity contribution in [2.45, 2.75) is 31.2 Å². The summed E-state index contributed by atoms with van der Waals surface area (Å²) in [5, 5.41) is 8.92. The van der Waals surface area contributed by atoms with Gasteiger partial charge in [0.25, 0.3) is 0 Å². The lowest BCUT2D eigenvalue weighted by molar-refractivity contribution is -0.138. The maximum atomic E-state index is 13.1. The minimum atomic E-state index is -3.51. The van der Waals surface area contributed by atoms with Gasteiger partial charge in [-0.25, -0.2) is 8.42 Å². The van der Waals surface area contributed by atoms with E-state index in [2.05, 4.69) is 11.0 Å². The lowest BCUT2D eigenvalue weighted by Crippen LogP contribution is -2.51. The Morgan fingerprint density at radius 2 is 1.55 bits per heavy atom. The van der Waals surface area contributed by atoms with Crippen LogP contribution in [0.3, 0.4) is 0 Å². The van der Waals surface area contributed by atoms with E-state index in [1.165, 1.54) is 4.31 Å². The van der Waals surface area contributed by atoms with Crippen LogP contribution in [0.15, 0.2) is 53.4 Å². The van der Waals surface area contributed by atoms with Gasteiger partial charge in [0, 0.05) is 51.7 Å². The Balaban J connectivity index is 1.26. The van der Waals surface area contributed by atoms with Gasteiger partial charge in [-0.2, -0.15) is 9.57 Å². The fourth-order valence-corrected chi connectivity index (χ4v) is 6.00. The third kappa shape index (κ3) is 5.44. The number of nitriles is 1. The summed E-state index contributed by atoms with van der Waals surface area (Å²) in [6.07, 6.45) is 1.13. The van der Waals surface area contributed by atoms with Crippen molar-refractivity contribution in [2.24, 2.45) is 5.92 Å². The van der Waals surface area contributed by atoms with Crippen LogP contribution in [-0.2, 0) is 21.4 Å². The molecule has 0 bridgehead atoms. The largest absolute Gasteiger partial charge is 0.340 e. The van der Waals surface area contributed by atoms with Crippen molar-refractivity contribution in [3.05, 3.63) is 65.2 Å². The van der Waals surface area contributed by atoms with Crippen molar-refractivity contribution in [1.29, 1.82) is 5.26 Å². The number of carbonyl (C=O) groups excluding carboxylic acids is 1. The summed E-state index contributed by atoms with van der Waals surface area (Å²) < 4.78 is 27.3. The molecule has 174 valence electrons. The zero-order valence-corrected chi connectivity index (χ0v) is 19.8. The Morgan fingerprint density at radius 1 is 0.939 bits per heavy atom. The summed E-state index contributed by atoms with van der Waals surface area (Å²) in [7, 11) is -3.51. The minimum absolute atomic E-state index is 0.112. The van der Waals surface area contributed by atoms with Gasteiger partial charge >= 0.3 is 0 Å². The van der Waals surface area contributed by atoms with E-state index in [9.17, 15) is 13.2 Å². The van der Waals surface area contributed by atoms with Crippen molar-refractivity contribution in [1.82, 2.24) is 14.1 Å². The highest BCUT2D eigenvalue weighted by Crippen LogP contribution is 2.26. The third-order valence-corrected chi connectivity index (χ3v) is 8.55. The lowest BCUT2D eigenvalue weighted by Gasteiger charge is -2.38. The number of hydrogen-bond acceptors (Lipinski definition) is 5. The first-order valence-electron chi connectivity index (χ1n) is 11.4. The molecule has 0 unspecified atom stereocenters. The van der Waals surface area contributed by atoms with Gasteiger partial charge in [0.05, 0.1) is 16.5 Å². The van der Waals surface area contributed by atoms with Gasteiger partial charge in [-0.1, -0.05) is 29.8 Å². The van der Waals surface area contributed by atoms with Crippen molar-refractivity contribution in [3.8, 4) is 6.07 Å². The molecule has 0 spiro atoms. The fourth-order valence-electron chi connectivity index (χ4n) is 4.53. The molecule has 0 saturated carbocycles. The second-order valence-corrected chi connectivity index (χ2v) is 10.8. The van der Waals surface area contributed by atoms with Crippen LogP contribution in [0, 0.1) is 24.2 Å². The predicted octanol–water partition coefficient (Wildman–Crippen LogP) is 2.61. The van der Waals surface area contributed by atoms with Gasteiger partial charge in [-0.05, 0) is 49.6 Å². The highest BCUT2D eigenvalue weighted by Gasteiger charge is 2.34. The first-order chi connectivity index (χ1) is 15.9. The Morgan fingerprint density at radius 3 is 2.12 bits per heavy atom. The Hall–Kier alpha value is -2.73. The van der Waals surface area contributed by atoms with Gasteiger partial charge in [-0.15, -0.1) is 0 Å². The molecule has 7 nitrogen and oxygen atoms in total. The molecule has 4 rings (SSSR count). The maximum Gasteiger partial charge on any atom is 0.243 e. The number of sulfonamides is 1. The molecule has 2 aliphatic heterocycles. The number of piperazine rings is 1. The summed E-state index contributed by atoms with van der Waals surface area (Å²) in [5.74, 6) is 0.0416. The second-order valence-electron chi connectivity index (χ2n) is 8.90. The predicted molar refractivity (Wildman–Crippen MR) is 126 cm³/mol. The molecule has 2 aromatic carbocycles. The molecule has 0 aliphatic carbocycles. The van der Waals surface area contributed by atoms with Crippen molar-refractivity contribution in [2.75, 3.05) is 39.3 Å². The molecule has 2 heterocycles. The smallest absolute Gasteiger partial charge is 0.243 e. The summed E-state index contributed by atoms with van der Waals surface area (Å²) in [4.78, 5) is 17.6. The molecule has 2 saturated heterocycles. The minimum Gasteiger partial charge on any atom is -0.340 e. The maximum absolute atomic E-state index is 13.1. The number of carbonyl (C=O) groups is 1. The van der Waals surface area contributed by atoms with Gasteiger partial charge in [0.15, 0.2) is 0 Å². The average Bonchev–Trinajstić information content (AvgIpc) is 2.85. The number of nitrogens with zero attached hydrogens (tertiary/aromatic N) is 4. The number of benzene rings is 2. The van der Waals surface area contributed by atoms with E-state index in [0.29, 0.717) is 49.5 Å². The van der Waals surface area contributed by atoms with E-state index in [4.69, 9.17) is 5.26 Å². The molecule has 1 amide bonds. The molecule has 0 radical (unpaired) electrons.